The molecular formula is C23H15ClF3N5O. The number of carbonyl (C=O) groups excluding carboxylic acids is 1. The highest BCUT2D eigenvalue weighted by atomic mass is 35.5. The number of nitrogens with zero attached hydrogens (tertiary/aromatic N) is 3. The Balaban J connectivity index is 0.00000259. The van der Waals surface area contributed by atoms with E-state index in [9.17, 15) is 18.0 Å². The van der Waals surface area contributed by atoms with Gasteiger partial charge in [-0.15, -0.1) is 12.4 Å². The van der Waals surface area contributed by atoms with Gasteiger partial charge < -0.3 is 5.32 Å². The van der Waals surface area contributed by atoms with Crippen LogP contribution in [-0.2, 0) is 0 Å². The van der Waals surface area contributed by atoms with Gasteiger partial charge in [-0.25, -0.2) is 18.2 Å². The van der Waals surface area contributed by atoms with Crippen LogP contribution in [0.1, 0.15) is 10.4 Å². The van der Waals surface area contributed by atoms with E-state index in [-0.39, 0.29) is 23.7 Å². The quantitative estimate of drug-likeness (QED) is 0.366. The summed E-state index contributed by atoms with van der Waals surface area (Å²) in [4.78, 5) is 16.8. The molecular weight excluding hydrogens is 455 g/mol. The van der Waals surface area contributed by atoms with E-state index in [1.54, 1.807) is 24.7 Å². The third-order valence-corrected chi connectivity index (χ3v) is 5.03. The molecule has 10 heteroatoms. The van der Waals surface area contributed by atoms with E-state index in [2.05, 4.69) is 20.5 Å². The highest BCUT2D eigenvalue weighted by molar-refractivity contribution is 6.04. The fourth-order valence-electron chi connectivity index (χ4n) is 3.41. The molecule has 3 aromatic heterocycles. The number of anilines is 1. The molecule has 0 aliphatic heterocycles. The van der Waals surface area contributed by atoms with Gasteiger partial charge >= 0.3 is 0 Å². The lowest BCUT2D eigenvalue weighted by atomic mass is 10.1. The van der Waals surface area contributed by atoms with Gasteiger partial charge in [0.2, 0.25) is 0 Å². The van der Waals surface area contributed by atoms with Gasteiger partial charge in [0.05, 0.1) is 29.3 Å². The van der Waals surface area contributed by atoms with E-state index in [0.29, 0.717) is 23.0 Å². The summed E-state index contributed by atoms with van der Waals surface area (Å²) in [7, 11) is 0. The van der Waals surface area contributed by atoms with E-state index in [4.69, 9.17) is 0 Å². The third-order valence-electron chi connectivity index (χ3n) is 5.03. The van der Waals surface area contributed by atoms with Gasteiger partial charge in [0.1, 0.15) is 23.1 Å². The number of aromatic amines is 1. The van der Waals surface area contributed by atoms with Gasteiger partial charge in [0.15, 0.2) is 0 Å². The molecule has 0 radical (unpaired) electrons. The molecule has 0 aliphatic rings. The Kier molecular flexibility index (Phi) is 5.89. The van der Waals surface area contributed by atoms with Gasteiger partial charge in [-0.2, -0.15) is 5.10 Å². The number of fused-ring (bicyclic) bond motifs is 1. The van der Waals surface area contributed by atoms with Crippen molar-refractivity contribution in [2.45, 2.75) is 0 Å². The van der Waals surface area contributed by atoms with Crippen molar-refractivity contribution in [3.05, 3.63) is 96.3 Å². The molecule has 0 spiro atoms. The molecule has 0 aliphatic carbocycles. The maximum Gasteiger partial charge on any atom is 0.258 e. The summed E-state index contributed by atoms with van der Waals surface area (Å²) in [6.45, 7) is 0. The minimum Gasteiger partial charge on any atom is -0.319 e. The smallest absolute Gasteiger partial charge is 0.258 e. The predicted octanol–water partition coefficient (Wildman–Crippen LogP) is 5.48. The number of halogens is 4. The lowest BCUT2D eigenvalue weighted by Crippen LogP contribution is -2.15. The molecule has 2 aromatic carbocycles. The number of hydrogen-bond acceptors (Lipinski definition) is 3. The molecule has 0 saturated carbocycles. The minimum atomic E-state index is -0.950. The summed E-state index contributed by atoms with van der Waals surface area (Å²) in [5.74, 6) is -3.36. The zero-order valence-corrected chi connectivity index (χ0v) is 17.5. The monoisotopic (exact) mass is 469 g/mol. The third kappa shape index (κ3) is 4.18. The topological polar surface area (TPSA) is 75.1 Å². The fraction of sp³-hybridized carbons (Fsp3) is 0. The summed E-state index contributed by atoms with van der Waals surface area (Å²) in [5, 5.41) is 8.96. The van der Waals surface area contributed by atoms with Crippen molar-refractivity contribution < 1.29 is 18.0 Å². The zero-order chi connectivity index (χ0) is 22.2. The van der Waals surface area contributed by atoms with Crippen LogP contribution in [-0.4, -0.2) is 25.5 Å². The van der Waals surface area contributed by atoms with Crippen LogP contribution in [0, 0.1) is 17.5 Å². The largest absolute Gasteiger partial charge is 0.319 e. The van der Waals surface area contributed by atoms with E-state index < -0.39 is 23.4 Å². The number of benzene rings is 2. The summed E-state index contributed by atoms with van der Waals surface area (Å²) in [6, 6.07) is 10.5. The zero-order valence-electron chi connectivity index (χ0n) is 16.7. The predicted molar refractivity (Wildman–Crippen MR) is 120 cm³/mol. The Labute approximate surface area is 191 Å². The van der Waals surface area contributed by atoms with Crippen molar-refractivity contribution in [3.63, 3.8) is 0 Å². The van der Waals surface area contributed by atoms with Crippen molar-refractivity contribution in [1.82, 2.24) is 19.6 Å². The first kappa shape index (κ1) is 22.1. The number of imidazole rings is 1. The van der Waals surface area contributed by atoms with Crippen molar-refractivity contribution >= 4 is 29.6 Å². The van der Waals surface area contributed by atoms with E-state index in [1.807, 2.05) is 22.7 Å². The van der Waals surface area contributed by atoms with Crippen molar-refractivity contribution in [2.75, 3.05) is 5.32 Å². The van der Waals surface area contributed by atoms with Crippen LogP contribution < -0.4 is 5.32 Å². The van der Waals surface area contributed by atoms with E-state index in [1.165, 1.54) is 12.1 Å². The fourth-order valence-corrected chi connectivity index (χ4v) is 3.41. The number of carbonyl (C=O) groups is 1. The number of nitrogens with one attached hydrogen (secondary N) is 2. The number of aromatic nitrogens is 4. The molecule has 33 heavy (non-hydrogen) atoms. The first-order valence-electron chi connectivity index (χ1n) is 9.52. The normalized spacial score (nSPS) is 10.8. The molecule has 166 valence electrons. The number of amides is 1. The van der Waals surface area contributed by atoms with Crippen LogP contribution >= 0.6 is 12.4 Å². The van der Waals surface area contributed by atoms with Gasteiger partial charge in [0, 0.05) is 35.2 Å². The van der Waals surface area contributed by atoms with Crippen LogP contribution in [0.3, 0.4) is 0 Å². The summed E-state index contributed by atoms with van der Waals surface area (Å²) < 4.78 is 43.5. The van der Waals surface area contributed by atoms with Gasteiger partial charge in [-0.1, -0.05) is 6.07 Å². The molecule has 1 amide bonds. The maximum absolute atomic E-state index is 14.8. The SMILES string of the molecule is Cl.O=C(Nc1ccc(F)cc1F)c1ccc(-c2cnc3ccc(-c4cn[nH]c4)cn23)cc1F. The molecule has 0 atom stereocenters. The Morgan fingerprint density at radius 1 is 0.909 bits per heavy atom. The molecule has 5 rings (SSSR count). The molecule has 3 heterocycles. The van der Waals surface area contributed by atoms with Crippen molar-refractivity contribution in [1.29, 1.82) is 0 Å². The molecule has 6 nitrogen and oxygen atoms in total. The highest BCUT2D eigenvalue weighted by Gasteiger charge is 2.16. The molecule has 0 bridgehead atoms. The Hall–Kier alpha value is -4.11. The number of rotatable bonds is 4. The molecule has 2 N–H and O–H groups in total. The molecule has 0 unspecified atom stereocenters. The lowest BCUT2D eigenvalue weighted by Gasteiger charge is -2.09. The average molecular weight is 470 g/mol. The second-order valence-corrected chi connectivity index (χ2v) is 7.05. The van der Waals surface area contributed by atoms with Crippen LogP contribution in [0.25, 0.3) is 28.0 Å². The van der Waals surface area contributed by atoms with Crippen LogP contribution in [0.4, 0.5) is 18.9 Å². The van der Waals surface area contributed by atoms with Crippen LogP contribution in [0.15, 0.2) is 73.3 Å². The molecule has 5 aromatic rings. The maximum atomic E-state index is 14.8. The van der Waals surface area contributed by atoms with E-state index >= 15 is 0 Å². The number of H-pyrrole nitrogens is 1. The number of hydrogen-bond donors (Lipinski definition) is 2. The molecule has 0 fully saturated rings. The highest BCUT2D eigenvalue weighted by Crippen LogP contribution is 2.26. The van der Waals surface area contributed by atoms with Crippen molar-refractivity contribution in [2.24, 2.45) is 0 Å². The van der Waals surface area contributed by atoms with E-state index in [0.717, 1.165) is 23.3 Å². The second kappa shape index (κ2) is 8.79. The summed E-state index contributed by atoms with van der Waals surface area (Å²) in [5.41, 5.74) is 3.06. The minimum absolute atomic E-state index is 0. The van der Waals surface area contributed by atoms with Crippen LogP contribution in [0.5, 0.6) is 0 Å². The Bertz CT molecular complexity index is 1470. The first-order valence-corrected chi connectivity index (χ1v) is 9.52. The number of pyridine rings is 1. The first-order chi connectivity index (χ1) is 15.5. The Morgan fingerprint density at radius 3 is 2.45 bits per heavy atom. The van der Waals surface area contributed by atoms with Crippen LogP contribution in [0.2, 0.25) is 0 Å². The molecule has 0 saturated heterocycles. The Morgan fingerprint density at radius 2 is 1.73 bits per heavy atom. The summed E-state index contributed by atoms with van der Waals surface area (Å²) in [6.07, 6.45) is 6.92. The van der Waals surface area contributed by atoms with Gasteiger partial charge in [-0.3, -0.25) is 14.3 Å². The van der Waals surface area contributed by atoms with Gasteiger partial charge in [0.25, 0.3) is 5.91 Å². The second-order valence-electron chi connectivity index (χ2n) is 7.05. The standard InChI is InChI=1S/C23H14F3N5O.ClH/c24-16-3-5-20(19(26)8-16)30-23(32)17-4-1-13(7-18(17)25)21-11-27-22-6-2-14(12-31(21)22)15-9-28-29-10-15;/h1-12H,(H,28,29)(H,30,32);1H. The lowest BCUT2D eigenvalue weighted by molar-refractivity contribution is 0.102. The summed E-state index contributed by atoms with van der Waals surface area (Å²) >= 11 is 0. The van der Waals surface area contributed by atoms with Crippen molar-refractivity contribution in [3.8, 4) is 22.4 Å². The average Bonchev–Trinajstić information content (AvgIpc) is 3.45. The van der Waals surface area contributed by atoms with Gasteiger partial charge in [-0.05, 0) is 36.4 Å².